The van der Waals surface area contributed by atoms with Gasteiger partial charge in [0.2, 0.25) is 5.91 Å². The van der Waals surface area contributed by atoms with Crippen LogP contribution in [0.5, 0.6) is 0 Å². The molecule has 0 bridgehead atoms. The summed E-state index contributed by atoms with van der Waals surface area (Å²) < 4.78 is 26.9. The summed E-state index contributed by atoms with van der Waals surface area (Å²) in [6.07, 6.45) is 1.19. The molecule has 0 spiro atoms. The van der Waals surface area contributed by atoms with E-state index in [0.29, 0.717) is 25.1 Å². The number of carbonyl (C=O) groups is 1. The Morgan fingerprint density at radius 1 is 1.27 bits per heavy atom. The van der Waals surface area contributed by atoms with Gasteiger partial charge in [-0.25, -0.2) is 8.42 Å². The summed E-state index contributed by atoms with van der Waals surface area (Å²) in [7, 11) is -3.58. The number of anilines is 1. The van der Waals surface area contributed by atoms with Gasteiger partial charge in [0, 0.05) is 30.9 Å². The summed E-state index contributed by atoms with van der Waals surface area (Å²) in [5.41, 5.74) is 0.382. The van der Waals surface area contributed by atoms with E-state index in [1.807, 2.05) is 0 Å². The summed E-state index contributed by atoms with van der Waals surface area (Å²) in [4.78, 5) is 22.6. The van der Waals surface area contributed by atoms with Gasteiger partial charge in [0.1, 0.15) is 4.21 Å². The van der Waals surface area contributed by atoms with Crippen LogP contribution in [0.3, 0.4) is 0 Å². The number of rotatable bonds is 5. The van der Waals surface area contributed by atoms with E-state index < -0.39 is 20.9 Å². The zero-order valence-corrected chi connectivity index (χ0v) is 15.3. The molecule has 2 aromatic rings. The molecule has 2 heterocycles. The van der Waals surface area contributed by atoms with Crippen molar-refractivity contribution in [2.75, 3.05) is 18.4 Å². The van der Waals surface area contributed by atoms with Gasteiger partial charge in [0.05, 0.1) is 10.8 Å². The molecule has 3 rings (SSSR count). The molecule has 1 amide bonds. The van der Waals surface area contributed by atoms with Gasteiger partial charge in [-0.1, -0.05) is 6.07 Å². The van der Waals surface area contributed by atoms with E-state index in [1.54, 1.807) is 17.5 Å². The SMILES string of the molecule is O=C(Nc1ccc([N+](=O)[O-])cc1)C1CCCN(S(=O)(=O)c2cccs2)C1. The molecule has 0 radical (unpaired) electrons. The Kier molecular flexibility index (Phi) is 5.35. The normalized spacial score (nSPS) is 18.4. The maximum atomic E-state index is 12.6. The van der Waals surface area contributed by atoms with E-state index in [2.05, 4.69) is 5.32 Å². The van der Waals surface area contributed by atoms with Crippen molar-refractivity contribution in [3.05, 3.63) is 51.9 Å². The molecule has 0 saturated carbocycles. The van der Waals surface area contributed by atoms with Crippen molar-refractivity contribution in [3.63, 3.8) is 0 Å². The minimum Gasteiger partial charge on any atom is -0.326 e. The highest BCUT2D eigenvalue weighted by atomic mass is 32.2. The zero-order valence-electron chi connectivity index (χ0n) is 13.7. The molecule has 1 saturated heterocycles. The van der Waals surface area contributed by atoms with Gasteiger partial charge < -0.3 is 5.32 Å². The Labute approximate surface area is 154 Å². The number of nitrogens with zero attached hydrogens (tertiary/aromatic N) is 2. The van der Waals surface area contributed by atoms with Crippen LogP contribution in [0.15, 0.2) is 46.0 Å². The molecule has 1 N–H and O–H groups in total. The van der Waals surface area contributed by atoms with Gasteiger partial charge in [0.15, 0.2) is 0 Å². The molecule has 10 heteroatoms. The number of benzene rings is 1. The van der Waals surface area contributed by atoms with Gasteiger partial charge in [0.25, 0.3) is 15.7 Å². The van der Waals surface area contributed by atoms with Gasteiger partial charge >= 0.3 is 0 Å². The molecule has 26 heavy (non-hydrogen) atoms. The number of carbonyl (C=O) groups excluding carboxylic acids is 1. The third-order valence-corrected chi connectivity index (χ3v) is 7.43. The molecule has 8 nitrogen and oxygen atoms in total. The van der Waals surface area contributed by atoms with Gasteiger partial charge in [-0.2, -0.15) is 4.31 Å². The number of thiophene rings is 1. The first kappa shape index (κ1) is 18.5. The fraction of sp³-hybridized carbons (Fsp3) is 0.312. The first-order valence-corrected chi connectivity index (χ1v) is 10.3. The number of nitro benzene ring substituents is 1. The summed E-state index contributed by atoms with van der Waals surface area (Å²) >= 11 is 1.15. The van der Waals surface area contributed by atoms with E-state index in [9.17, 15) is 23.3 Å². The van der Waals surface area contributed by atoms with Crippen LogP contribution in [-0.4, -0.2) is 36.6 Å². The lowest BCUT2D eigenvalue weighted by molar-refractivity contribution is -0.384. The maximum Gasteiger partial charge on any atom is 0.269 e. The lowest BCUT2D eigenvalue weighted by atomic mass is 9.98. The first-order chi connectivity index (χ1) is 12.4. The number of amides is 1. The van der Waals surface area contributed by atoms with Crippen LogP contribution < -0.4 is 5.32 Å². The van der Waals surface area contributed by atoms with Crippen molar-refractivity contribution in [1.29, 1.82) is 0 Å². The topological polar surface area (TPSA) is 110 Å². The van der Waals surface area contributed by atoms with Crippen LogP contribution in [0.4, 0.5) is 11.4 Å². The fourth-order valence-corrected chi connectivity index (χ4v) is 5.49. The van der Waals surface area contributed by atoms with Crippen molar-refractivity contribution in [3.8, 4) is 0 Å². The molecule has 138 valence electrons. The summed E-state index contributed by atoms with van der Waals surface area (Å²) in [6.45, 7) is 0.514. The van der Waals surface area contributed by atoms with Crippen molar-refractivity contribution < 1.29 is 18.1 Å². The Balaban J connectivity index is 1.67. The van der Waals surface area contributed by atoms with Crippen molar-refractivity contribution in [2.45, 2.75) is 17.1 Å². The van der Waals surface area contributed by atoms with Gasteiger partial charge in [-0.05, 0) is 36.4 Å². The third-order valence-electron chi connectivity index (χ3n) is 4.19. The smallest absolute Gasteiger partial charge is 0.269 e. The number of nitro groups is 1. The quantitative estimate of drug-likeness (QED) is 0.618. The van der Waals surface area contributed by atoms with Gasteiger partial charge in [-0.15, -0.1) is 11.3 Å². The maximum absolute atomic E-state index is 12.6. The van der Waals surface area contributed by atoms with Crippen molar-refractivity contribution in [1.82, 2.24) is 4.31 Å². The van der Waals surface area contributed by atoms with E-state index in [0.717, 1.165) is 11.3 Å². The number of non-ortho nitro benzene ring substituents is 1. The number of hydrogen-bond acceptors (Lipinski definition) is 6. The van der Waals surface area contributed by atoms with Crippen LogP contribution in [0.25, 0.3) is 0 Å². The fourth-order valence-electron chi connectivity index (χ4n) is 2.82. The minimum atomic E-state index is -3.58. The summed E-state index contributed by atoms with van der Waals surface area (Å²) in [6, 6.07) is 8.77. The Morgan fingerprint density at radius 2 is 2.00 bits per heavy atom. The van der Waals surface area contributed by atoms with Crippen molar-refractivity contribution >= 4 is 38.6 Å². The molecule has 1 atom stereocenters. The van der Waals surface area contributed by atoms with E-state index >= 15 is 0 Å². The lowest BCUT2D eigenvalue weighted by Gasteiger charge is -2.30. The summed E-state index contributed by atoms with van der Waals surface area (Å²) in [5, 5.41) is 15.1. The Morgan fingerprint density at radius 3 is 2.62 bits per heavy atom. The molecule has 1 fully saturated rings. The number of hydrogen-bond donors (Lipinski definition) is 1. The number of sulfonamides is 1. The Bertz CT molecular complexity index is 894. The highest BCUT2D eigenvalue weighted by molar-refractivity contribution is 7.91. The molecular formula is C16H17N3O5S2. The standard InChI is InChI=1S/C16H17N3O5S2/c20-16(17-13-5-7-14(8-6-13)19(21)22)12-3-1-9-18(11-12)26(23,24)15-4-2-10-25-15/h2,4-8,10,12H,1,3,9,11H2,(H,17,20). The molecule has 1 aromatic heterocycles. The number of piperidine rings is 1. The molecule has 1 aromatic carbocycles. The highest BCUT2D eigenvalue weighted by Gasteiger charge is 2.33. The molecule has 1 aliphatic rings. The van der Waals surface area contributed by atoms with E-state index in [-0.39, 0.29) is 22.3 Å². The minimum absolute atomic E-state index is 0.0612. The highest BCUT2D eigenvalue weighted by Crippen LogP contribution is 2.27. The van der Waals surface area contributed by atoms with Crippen LogP contribution in [0.2, 0.25) is 0 Å². The largest absolute Gasteiger partial charge is 0.326 e. The van der Waals surface area contributed by atoms with Crippen LogP contribution in [0, 0.1) is 16.0 Å². The Hall–Kier alpha value is -2.30. The molecule has 1 unspecified atom stereocenters. The van der Waals surface area contributed by atoms with E-state index in [4.69, 9.17) is 0 Å². The zero-order chi connectivity index (χ0) is 18.7. The second-order valence-electron chi connectivity index (χ2n) is 5.93. The first-order valence-electron chi connectivity index (χ1n) is 7.97. The van der Waals surface area contributed by atoms with E-state index in [1.165, 1.54) is 28.6 Å². The monoisotopic (exact) mass is 395 g/mol. The van der Waals surface area contributed by atoms with Crippen LogP contribution in [-0.2, 0) is 14.8 Å². The second kappa shape index (κ2) is 7.52. The van der Waals surface area contributed by atoms with Gasteiger partial charge in [-0.3, -0.25) is 14.9 Å². The lowest BCUT2D eigenvalue weighted by Crippen LogP contribution is -2.43. The van der Waals surface area contributed by atoms with Crippen molar-refractivity contribution in [2.24, 2.45) is 5.92 Å². The average molecular weight is 395 g/mol. The predicted molar refractivity (Wildman–Crippen MR) is 97.5 cm³/mol. The average Bonchev–Trinajstić information content (AvgIpc) is 3.18. The number of nitrogens with one attached hydrogen (secondary N) is 1. The second-order valence-corrected chi connectivity index (χ2v) is 9.04. The molecule has 0 aliphatic carbocycles. The van der Waals surface area contributed by atoms with Crippen LogP contribution >= 0.6 is 11.3 Å². The summed E-state index contributed by atoms with van der Waals surface area (Å²) in [5.74, 6) is -0.751. The molecular weight excluding hydrogens is 378 g/mol. The molecule has 1 aliphatic heterocycles. The predicted octanol–water partition coefficient (Wildman–Crippen LogP) is 2.70. The third kappa shape index (κ3) is 3.92. The van der Waals surface area contributed by atoms with Crippen LogP contribution in [0.1, 0.15) is 12.8 Å².